The topological polar surface area (TPSA) is 221 Å². The van der Waals surface area contributed by atoms with Gasteiger partial charge in [0.15, 0.2) is 0 Å². The van der Waals surface area contributed by atoms with Gasteiger partial charge in [-0.3, -0.25) is 51.3 Å². The van der Waals surface area contributed by atoms with Crippen LogP contribution in [0.5, 0.6) is 0 Å². The number of hydrazone groups is 2. The Kier molecular flexibility index (Phi) is 6.57. The van der Waals surface area contributed by atoms with Gasteiger partial charge in [-0.25, -0.2) is 0 Å². The minimum atomic E-state index is -0.825. The van der Waals surface area contributed by atoms with E-state index in [1.54, 1.807) is 0 Å². The lowest BCUT2D eigenvalue weighted by atomic mass is 10.2. The third-order valence-electron chi connectivity index (χ3n) is 3.36. The highest BCUT2D eigenvalue weighted by molar-refractivity contribution is 6.16. The van der Waals surface area contributed by atoms with Crippen molar-refractivity contribution in [3.05, 3.63) is 76.9 Å². The predicted octanol–water partition coefficient (Wildman–Crippen LogP) is 2.82. The fourth-order valence-corrected chi connectivity index (χ4v) is 2.04. The molecule has 2 aromatic carbocycles. The molecule has 2 aromatic rings. The molecule has 0 bridgehead atoms. The number of nitro benzene ring substituents is 4. The average Bonchev–Trinajstić information content (AvgIpc) is 2.70. The maximum absolute atomic E-state index is 11.0. The molecule has 0 saturated heterocycles. The lowest BCUT2D eigenvalue weighted by molar-refractivity contribution is -0.393. The molecule has 0 atom stereocenters. The lowest BCUT2D eigenvalue weighted by Crippen LogP contribution is -2.00. The summed E-state index contributed by atoms with van der Waals surface area (Å²) in [5.41, 5.74) is 2.32. The number of nitrogens with one attached hydrogen (secondary N) is 2. The maximum Gasteiger partial charge on any atom is 0.301 e. The quantitative estimate of drug-likeness (QED) is 0.344. The summed E-state index contributed by atoms with van der Waals surface area (Å²) in [6.45, 7) is 0. The van der Waals surface area contributed by atoms with E-state index in [1.165, 1.54) is 0 Å². The Balaban J connectivity index is 2.07. The van der Waals surface area contributed by atoms with E-state index < -0.39 is 42.4 Å². The Bertz CT molecular complexity index is 998. The van der Waals surface area contributed by atoms with Crippen LogP contribution in [0.1, 0.15) is 0 Å². The smallest absolute Gasteiger partial charge is 0.272 e. The molecular weight excluding hydrogens is 408 g/mol. The van der Waals surface area contributed by atoms with Crippen LogP contribution in [0.15, 0.2) is 46.6 Å². The SMILES string of the molecule is O=[N+]([O-])c1ccc(N/N=C\C=N/Nc2ccc([N+](=O)[O-])cc2[N+](=O)[O-])c([N+](=O)[O-])c1. The van der Waals surface area contributed by atoms with Crippen molar-refractivity contribution in [2.45, 2.75) is 0 Å². The number of non-ortho nitro benzene ring substituents is 2. The number of anilines is 2. The molecule has 0 aromatic heterocycles. The predicted molar refractivity (Wildman–Crippen MR) is 104 cm³/mol. The van der Waals surface area contributed by atoms with E-state index in [9.17, 15) is 40.5 Å². The van der Waals surface area contributed by atoms with Crippen LogP contribution in [-0.2, 0) is 0 Å². The first-order valence-electron chi connectivity index (χ1n) is 7.63. The number of nitrogens with zero attached hydrogens (tertiary/aromatic N) is 6. The molecule has 2 N–H and O–H groups in total. The van der Waals surface area contributed by atoms with Gasteiger partial charge in [0.1, 0.15) is 11.4 Å². The summed E-state index contributed by atoms with van der Waals surface area (Å²) in [5, 5.41) is 50.6. The monoisotopic (exact) mass is 418 g/mol. The van der Waals surface area contributed by atoms with Crippen molar-refractivity contribution in [1.82, 2.24) is 0 Å². The Labute approximate surface area is 165 Å². The summed E-state index contributed by atoms with van der Waals surface area (Å²) in [4.78, 5) is 40.2. The second-order valence-corrected chi connectivity index (χ2v) is 5.21. The molecule has 0 amide bonds. The maximum atomic E-state index is 11.0. The molecule has 2 rings (SSSR count). The molecule has 154 valence electrons. The molecule has 30 heavy (non-hydrogen) atoms. The zero-order chi connectivity index (χ0) is 22.3. The Morgan fingerprint density at radius 2 is 1.00 bits per heavy atom. The summed E-state index contributed by atoms with van der Waals surface area (Å²) in [6.07, 6.45) is 2.07. The standard InChI is InChI=1S/C14H10N8O8/c23-19(24)9-1-3-11(13(7-9)21(27)28)17-15-5-6-16-18-12-4-2-10(20(25)26)8-14(12)22(29)30/h1-8,17-18H/b15-5-,16-6-. The highest BCUT2D eigenvalue weighted by atomic mass is 16.6. The third-order valence-corrected chi connectivity index (χ3v) is 3.36. The minimum absolute atomic E-state index is 0.116. The van der Waals surface area contributed by atoms with Crippen LogP contribution in [0.25, 0.3) is 0 Å². The first kappa shape index (κ1) is 21.3. The number of hydrogen-bond donors (Lipinski definition) is 2. The van der Waals surface area contributed by atoms with Gasteiger partial charge in [0.25, 0.3) is 11.4 Å². The molecule has 0 saturated carbocycles. The minimum Gasteiger partial charge on any atom is -0.272 e. The summed E-state index contributed by atoms with van der Waals surface area (Å²) in [7, 11) is 0. The van der Waals surface area contributed by atoms with Gasteiger partial charge in [-0.2, -0.15) is 10.2 Å². The molecule has 0 spiro atoms. The fourth-order valence-electron chi connectivity index (χ4n) is 2.04. The van der Waals surface area contributed by atoms with Crippen molar-refractivity contribution in [2.24, 2.45) is 10.2 Å². The average molecular weight is 418 g/mol. The fraction of sp³-hybridized carbons (Fsp3) is 0. The van der Waals surface area contributed by atoms with E-state index in [-0.39, 0.29) is 11.4 Å². The van der Waals surface area contributed by atoms with Crippen LogP contribution in [0, 0.1) is 40.5 Å². The summed E-state index contributed by atoms with van der Waals surface area (Å²) >= 11 is 0. The first-order chi connectivity index (χ1) is 14.2. The number of benzene rings is 2. The van der Waals surface area contributed by atoms with Crippen LogP contribution in [0.3, 0.4) is 0 Å². The van der Waals surface area contributed by atoms with Gasteiger partial charge >= 0.3 is 11.4 Å². The molecule has 16 heteroatoms. The number of nitro groups is 4. The van der Waals surface area contributed by atoms with E-state index in [0.29, 0.717) is 0 Å². The third kappa shape index (κ3) is 5.25. The Morgan fingerprint density at radius 1 is 0.633 bits per heavy atom. The zero-order valence-electron chi connectivity index (χ0n) is 14.6. The van der Waals surface area contributed by atoms with Gasteiger partial charge in [0.05, 0.1) is 44.3 Å². The molecule has 0 radical (unpaired) electrons. The number of hydrogen-bond acceptors (Lipinski definition) is 12. The van der Waals surface area contributed by atoms with Crippen molar-refractivity contribution in [2.75, 3.05) is 10.9 Å². The second kappa shape index (κ2) is 9.26. The van der Waals surface area contributed by atoms with Crippen molar-refractivity contribution >= 4 is 46.6 Å². The molecule has 0 heterocycles. The van der Waals surface area contributed by atoms with E-state index in [4.69, 9.17) is 0 Å². The summed E-state index contributed by atoms with van der Waals surface area (Å²) in [5.74, 6) is 0. The Hall–Kier alpha value is -5.02. The summed E-state index contributed by atoms with van der Waals surface area (Å²) < 4.78 is 0. The zero-order valence-corrected chi connectivity index (χ0v) is 14.6. The Morgan fingerprint density at radius 3 is 1.30 bits per heavy atom. The van der Waals surface area contributed by atoms with Gasteiger partial charge in [-0.1, -0.05) is 0 Å². The van der Waals surface area contributed by atoms with E-state index in [0.717, 1.165) is 48.8 Å². The van der Waals surface area contributed by atoms with E-state index in [1.807, 2.05) is 0 Å². The van der Waals surface area contributed by atoms with E-state index >= 15 is 0 Å². The highest BCUT2D eigenvalue weighted by Gasteiger charge is 2.20. The molecule has 0 fully saturated rings. The molecule has 0 aliphatic heterocycles. The van der Waals surface area contributed by atoms with Crippen molar-refractivity contribution < 1.29 is 19.7 Å². The van der Waals surface area contributed by atoms with Crippen LogP contribution >= 0.6 is 0 Å². The lowest BCUT2D eigenvalue weighted by Gasteiger charge is -2.02. The summed E-state index contributed by atoms with van der Waals surface area (Å²) in [6, 6.07) is 5.83. The van der Waals surface area contributed by atoms with Gasteiger partial charge in [-0.05, 0) is 12.1 Å². The van der Waals surface area contributed by atoms with Crippen molar-refractivity contribution in [3.8, 4) is 0 Å². The molecule has 0 aliphatic carbocycles. The molecular formula is C14H10N8O8. The molecule has 0 unspecified atom stereocenters. The van der Waals surface area contributed by atoms with Gasteiger partial charge in [-0.15, -0.1) is 0 Å². The molecule has 16 nitrogen and oxygen atoms in total. The van der Waals surface area contributed by atoms with Crippen molar-refractivity contribution in [1.29, 1.82) is 0 Å². The van der Waals surface area contributed by atoms with Gasteiger partial charge in [0, 0.05) is 12.1 Å². The van der Waals surface area contributed by atoms with Crippen LogP contribution < -0.4 is 10.9 Å². The number of rotatable bonds is 9. The van der Waals surface area contributed by atoms with Gasteiger partial charge in [0.2, 0.25) is 0 Å². The molecule has 0 aliphatic rings. The van der Waals surface area contributed by atoms with Crippen LogP contribution in [0.4, 0.5) is 34.1 Å². The van der Waals surface area contributed by atoms with Crippen molar-refractivity contribution in [3.63, 3.8) is 0 Å². The van der Waals surface area contributed by atoms with E-state index in [2.05, 4.69) is 21.1 Å². The van der Waals surface area contributed by atoms with Crippen LogP contribution in [-0.4, -0.2) is 32.1 Å². The van der Waals surface area contributed by atoms with Gasteiger partial charge < -0.3 is 0 Å². The largest absolute Gasteiger partial charge is 0.301 e. The normalized spacial score (nSPS) is 10.8. The van der Waals surface area contributed by atoms with Crippen LogP contribution in [0.2, 0.25) is 0 Å². The highest BCUT2D eigenvalue weighted by Crippen LogP contribution is 2.29. The second-order valence-electron chi connectivity index (χ2n) is 5.21. The first-order valence-corrected chi connectivity index (χ1v) is 7.63.